The van der Waals surface area contributed by atoms with Crippen molar-refractivity contribution in [2.45, 2.75) is 17.7 Å². The summed E-state index contributed by atoms with van der Waals surface area (Å²) in [5, 5.41) is 0.296. The number of nitrogens with zero attached hydrogens (tertiary/aromatic N) is 1. The van der Waals surface area contributed by atoms with Gasteiger partial charge in [0.1, 0.15) is 4.90 Å². The van der Waals surface area contributed by atoms with Crippen LogP contribution in [0.1, 0.15) is 12.8 Å². The van der Waals surface area contributed by atoms with Crippen LogP contribution in [-0.4, -0.2) is 26.5 Å². The van der Waals surface area contributed by atoms with Crippen molar-refractivity contribution >= 4 is 21.6 Å². The summed E-state index contributed by atoms with van der Waals surface area (Å²) in [6, 6.07) is 1.36. The first-order valence-electron chi connectivity index (χ1n) is 4.86. The number of hydrogen-bond acceptors (Lipinski definition) is 4. The van der Waals surface area contributed by atoms with Gasteiger partial charge in [0.15, 0.2) is 0 Å². The quantitative estimate of drug-likeness (QED) is 0.742. The van der Waals surface area contributed by atoms with E-state index in [4.69, 9.17) is 17.3 Å². The fraction of sp³-hybridized carbons (Fsp3) is 0.444. The molecule has 0 saturated heterocycles. The van der Waals surface area contributed by atoms with E-state index in [2.05, 4.69) is 9.71 Å². The maximum atomic E-state index is 11.7. The number of halogens is 1. The summed E-state index contributed by atoms with van der Waals surface area (Å²) in [6.07, 6.45) is 4.15. The van der Waals surface area contributed by atoms with Gasteiger partial charge in [0.25, 0.3) is 0 Å². The second kappa shape index (κ2) is 6.15. The molecular weight excluding hydrogens is 250 g/mol. The molecule has 3 N–H and O–H groups in total. The molecule has 7 heteroatoms. The topological polar surface area (TPSA) is 85.1 Å². The molecule has 0 amide bonds. The number of unbranched alkanes of at least 4 members (excludes halogenated alkanes) is 1. The molecule has 1 aromatic heterocycles. The molecule has 0 atom stereocenters. The predicted molar refractivity (Wildman–Crippen MR) is 62.7 cm³/mol. The molecule has 1 heterocycles. The van der Waals surface area contributed by atoms with Crippen molar-refractivity contribution in [1.29, 1.82) is 0 Å². The molecule has 0 spiro atoms. The zero-order chi connectivity index (χ0) is 12.0. The number of hydrogen-bond donors (Lipinski definition) is 2. The smallest absolute Gasteiger partial charge is 0.242 e. The van der Waals surface area contributed by atoms with Crippen LogP contribution in [0.2, 0.25) is 5.02 Å². The normalized spacial score (nSPS) is 11.6. The van der Waals surface area contributed by atoms with Gasteiger partial charge in [-0.25, -0.2) is 13.1 Å². The highest BCUT2D eigenvalue weighted by Crippen LogP contribution is 2.13. The summed E-state index contributed by atoms with van der Waals surface area (Å²) < 4.78 is 25.9. The summed E-state index contributed by atoms with van der Waals surface area (Å²) in [5.74, 6) is 0. The van der Waals surface area contributed by atoms with Crippen LogP contribution in [0, 0.1) is 0 Å². The summed E-state index contributed by atoms with van der Waals surface area (Å²) in [7, 11) is -3.50. The van der Waals surface area contributed by atoms with Gasteiger partial charge >= 0.3 is 0 Å². The van der Waals surface area contributed by atoms with Gasteiger partial charge in [0.05, 0.1) is 5.02 Å². The van der Waals surface area contributed by atoms with Crippen LogP contribution in [0.5, 0.6) is 0 Å². The maximum Gasteiger partial charge on any atom is 0.242 e. The Bertz CT molecular complexity index is 436. The molecule has 5 nitrogen and oxygen atoms in total. The van der Waals surface area contributed by atoms with Crippen molar-refractivity contribution in [1.82, 2.24) is 9.71 Å². The molecular formula is C9H14ClN3O2S. The van der Waals surface area contributed by atoms with Crippen LogP contribution >= 0.6 is 11.6 Å². The second-order valence-electron chi connectivity index (χ2n) is 3.23. The van der Waals surface area contributed by atoms with E-state index in [1.165, 1.54) is 18.5 Å². The number of nitrogens with one attached hydrogen (secondary N) is 1. The van der Waals surface area contributed by atoms with E-state index >= 15 is 0 Å². The van der Waals surface area contributed by atoms with Crippen LogP contribution in [0.3, 0.4) is 0 Å². The Morgan fingerprint density at radius 1 is 1.38 bits per heavy atom. The van der Waals surface area contributed by atoms with E-state index < -0.39 is 10.0 Å². The highest BCUT2D eigenvalue weighted by molar-refractivity contribution is 7.89. The van der Waals surface area contributed by atoms with Gasteiger partial charge in [-0.15, -0.1) is 0 Å². The van der Waals surface area contributed by atoms with Crippen molar-refractivity contribution in [3.05, 3.63) is 23.5 Å². The maximum absolute atomic E-state index is 11.7. The van der Waals surface area contributed by atoms with E-state index in [0.29, 0.717) is 24.5 Å². The SMILES string of the molecule is NCCCCNS(=O)(=O)c1cncc(Cl)c1. The van der Waals surface area contributed by atoms with Crippen LogP contribution in [0.4, 0.5) is 0 Å². The molecule has 16 heavy (non-hydrogen) atoms. The van der Waals surface area contributed by atoms with Gasteiger partial charge in [-0.2, -0.15) is 0 Å². The molecule has 0 saturated carbocycles. The average Bonchev–Trinajstić information content (AvgIpc) is 2.24. The monoisotopic (exact) mass is 263 g/mol. The van der Waals surface area contributed by atoms with E-state index in [1.54, 1.807) is 0 Å². The molecule has 0 aromatic carbocycles. The van der Waals surface area contributed by atoms with E-state index in [-0.39, 0.29) is 4.90 Å². The van der Waals surface area contributed by atoms with Crippen molar-refractivity contribution in [2.24, 2.45) is 5.73 Å². The van der Waals surface area contributed by atoms with E-state index in [0.717, 1.165) is 6.42 Å². The third-order valence-corrected chi connectivity index (χ3v) is 3.55. The Labute approximate surface area is 100 Å². The van der Waals surface area contributed by atoms with Crippen LogP contribution in [-0.2, 0) is 10.0 Å². The lowest BCUT2D eigenvalue weighted by molar-refractivity contribution is 0.576. The van der Waals surface area contributed by atoms with Crippen molar-refractivity contribution in [2.75, 3.05) is 13.1 Å². The third-order valence-electron chi connectivity index (χ3n) is 1.91. The summed E-state index contributed by atoms with van der Waals surface area (Å²) in [5.41, 5.74) is 5.30. The van der Waals surface area contributed by atoms with Gasteiger partial charge in [-0.3, -0.25) is 4.98 Å². The number of nitrogens with two attached hydrogens (primary N) is 1. The first-order valence-corrected chi connectivity index (χ1v) is 6.72. The standard InChI is InChI=1S/C9H14ClN3O2S/c10-8-5-9(7-12-6-8)16(14,15)13-4-2-1-3-11/h5-7,13H,1-4,11H2. The Balaban J connectivity index is 2.64. The Hall–Kier alpha value is -0.690. The molecule has 0 aliphatic rings. The largest absolute Gasteiger partial charge is 0.330 e. The fourth-order valence-corrected chi connectivity index (χ4v) is 2.40. The van der Waals surface area contributed by atoms with Gasteiger partial charge < -0.3 is 5.73 Å². The van der Waals surface area contributed by atoms with E-state index in [9.17, 15) is 8.42 Å². The highest BCUT2D eigenvalue weighted by atomic mass is 35.5. The summed E-state index contributed by atoms with van der Waals surface area (Å²) in [6.45, 7) is 0.923. The average molecular weight is 264 g/mol. The number of pyridine rings is 1. The van der Waals surface area contributed by atoms with Gasteiger partial charge in [-0.05, 0) is 25.5 Å². The molecule has 0 aliphatic heterocycles. The lowest BCUT2D eigenvalue weighted by Crippen LogP contribution is -2.25. The second-order valence-corrected chi connectivity index (χ2v) is 5.44. The minimum Gasteiger partial charge on any atom is -0.330 e. The van der Waals surface area contributed by atoms with Crippen molar-refractivity contribution in [3.8, 4) is 0 Å². The van der Waals surface area contributed by atoms with Gasteiger partial charge in [0.2, 0.25) is 10.0 Å². The Morgan fingerprint density at radius 3 is 2.75 bits per heavy atom. The zero-order valence-corrected chi connectivity index (χ0v) is 10.3. The lowest BCUT2D eigenvalue weighted by Gasteiger charge is -2.05. The zero-order valence-electron chi connectivity index (χ0n) is 8.69. The first-order chi connectivity index (χ1) is 7.56. The molecule has 1 rings (SSSR count). The number of aromatic nitrogens is 1. The van der Waals surface area contributed by atoms with Crippen molar-refractivity contribution in [3.63, 3.8) is 0 Å². The lowest BCUT2D eigenvalue weighted by atomic mass is 10.3. The molecule has 0 radical (unpaired) electrons. The summed E-state index contributed by atoms with van der Waals surface area (Å²) >= 11 is 5.66. The van der Waals surface area contributed by atoms with E-state index in [1.807, 2.05) is 0 Å². The fourth-order valence-electron chi connectivity index (χ4n) is 1.10. The highest BCUT2D eigenvalue weighted by Gasteiger charge is 2.13. The van der Waals surface area contributed by atoms with Crippen LogP contribution < -0.4 is 10.5 Å². The molecule has 90 valence electrons. The number of sulfonamides is 1. The minimum absolute atomic E-state index is 0.0766. The van der Waals surface area contributed by atoms with Gasteiger partial charge in [0, 0.05) is 18.9 Å². The summed E-state index contributed by atoms with van der Waals surface area (Å²) in [4.78, 5) is 3.80. The molecule has 1 aromatic rings. The van der Waals surface area contributed by atoms with Crippen LogP contribution in [0.25, 0.3) is 0 Å². The molecule has 0 fully saturated rings. The van der Waals surface area contributed by atoms with Crippen LogP contribution in [0.15, 0.2) is 23.4 Å². The number of rotatable bonds is 6. The molecule has 0 bridgehead atoms. The van der Waals surface area contributed by atoms with Gasteiger partial charge in [-0.1, -0.05) is 11.6 Å². The Kier molecular flexibility index (Phi) is 5.14. The Morgan fingerprint density at radius 2 is 2.12 bits per heavy atom. The van der Waals surface area contributed by atoms with Crippen molar-refractivity contribution < 1.29 is 8.42 Å². The molecule has 0 unspecified atom stereocenters. The molecule has 0 aliphatic carbocycles. The predicted octanol–water partition coefficient (Wildman–Crippen LogP) is 0.752. The third kappa shape index (κ3) is 4.05. The minimum atomic E-state index is -3.50. The first kappa shape index (κ1) is 13.4.